The van der Waals surface area contributed by atoms with Crippen molar-refractivity contribution in [3.63, 3.8) is 0 Å². The largest absolute Gasteiger partial charge is 0.377 e. The third-order valence-corrected chi connectivity index (χ3v) is 5.66. The van der Waals surface area contributed by atoms with E-state index in [1.165, 1.54) is 28.6 Å². The Labute approximate surface area is 136 Å². The molecule has 0 bridgehead atoms. The van der Waals surface area contributed by atoms with Crippen LogP contribution in [0.25, 0.3) is 10.9 Å². The monoisotopic (exact) mass is 312 g/mol. The van der Waals surface area contributed by atoms with E-state index in [9.17, 15) is 4.79 Å². The predicted molar refractivity (Wildman–Crippen MR) is 90.5 cm³/mol. The SMILES string of the molecule is COCC(=O)C1CCCCC12NCCc1c2[nH]c2ccccc12. The molecule has 0 amide bonds. The molecule has 4 nitrogen and oxygen atoms in total. The molecular formula is C19H24N2O2. The van der Waals surface area contributed by atoms with E-state index in [4.69, 9.17) is 4.74 Å². The fourth-order valence-corrected chi connectivity index (χ4v) is 4.70. The molecule has 2 aliphatic rings. The Morgan fingerprint density at radius 2 is 2.22 bits per heavy atom. The second kappa shape index (κ2) is 5.77. The van der Waals surface area contributed by atoms with Gasteiger partial charge in [0.05, 0.1) is 5.54 Å². The molecule has 122 valence electrons. The van der Waals surface area contributed by atoms with Crippen molar-refractivity contribution in [2.24, 2.45) is 5.92 Å². The molecule has 0 radical (unpaired) electrons. The minimum atomic E-state index is -0.236. The zero-order valence-corrected chi connectivity index (χ0v) is 13.7. The van der Waals surface area contributed by atoms with Gasteiger partial charge in [0.1, 0.15) is 6.61 Å². The number of rotatable bonds is 3. The first-order valence-electron chi connectivity index (χ1n) is 8.63. The van der Waals surface area contributed by atoms with Crippen molar-refractivity contribution in [2.75, 3.05) is 20.3 Å². The van der Waals surface area contributed by atoms with E-state index in [0.717, 1.165) is 32.2 Å². The average molecular weight is 312 g/mol. The van der Waals surface area contributed by atoms with Crippen molar-refractivity contribution in [3.05, 3.63) is 35.5 Å². The number of ether oxygens (including phenoxy) is 1. The highest BCUT2D eigenvalue weighted by molar-refractivity contribution is 5.88. The zero-order valence-electron chi connectivity index (χ0n) is 13.7. The van der Waals surface area contributed by atoms with Crippen molar-refractivity contribution in [3.8, 4) is 0 Å². The highest BCUT2D eigenvalue weighted by atomic mass is 16.5. The molecule has 23 heavy (non-hydrogen) atoms. The van der Waals surface area contributed by atoms with Gasteiger partial charge in [-0.2, -0.15) is 0 Å². The lowest BCUT2D eigenvalue weighted by Gasteiger charge is -2.46. The van der Waals surface area contributed by atoms with Crippen molar-refractivity contribution < 1.29 is 9.53 Å². The van der Waals surface area contributed by atoms with E-state index in [-0.39, 0.29) is 23.8 Å². The van der Waals surface area contributed by atoms with E-state index in [2.05, 4.69) is 34.6 Å². The number of carbonyl (C=O) groups is 1. The van der Waals surface area contributed by atoms with Gasteiger partial charge in [0.15, 0.2) is 5.78 Å². The fourth-order valence-electron chi connectivity index (χ4n) is 4.70. The molecule has 1 aromatic carbocycles. The molecule has 2 atom stereocenters. The Balaban J connectivity index is 1.86. The summed E-state index contributed by atoms with van der Waals surface area (Å²) in [5, 5.41) is 5.05. The molecule has 0 saturated heterocycles. The third-order valence-electron chi connectivity index (χ3n) is 5.66. The Bertz CT molecular complexity index is 736. The van der Waals surface area contributed by atoms with Gasteiger partial charge in [0.25, 0.3) is 0 Å². The van der Waals surface area contributed by atoms with E-state index in [0.29, 0.717) is 0 Å². The minimum Gasteiger partial charge on any atom is -0.377 e. The summed E-state index contributed by atoms with van der Waals surface area (Å²) in [5.41, 5.74) is 3.60. The summed E-state index contributed by atoms with van der Waals surface area (Å²) in [6.07, 6.45) is 5.28. The molecule has 2 aromatic rings. The van der Waals surface area contributed by atoms with Crippen LogP contribution >= 0.6 is 0 Å². The van der Waals surface area contributed by atoms with Gasteiger partial charge in [-0.25, -0.2) is 0 Å². The second-order valence-corrected chi connectivity index (χ2v) is 6.87. The van der Waals surface area contributed by atoms with Crippen LogP contribution in [0.5, 0.6) is 0 Å². The van der Waals surface area contributed by atoms with Gasteiger partial charge in [0, 0.05) is 36.2 Å². The maximum absolute atomic E-state index is 12.7. The summed E-state index contributed by atoms with van der Waals surface area (Å²) in [5.74, 6) is 0.231. The van der Waals surface area contributed by atoms with E-state index in [1.807, 2.05) is 0 Å². The molecule has 4 heteroatoms. The van der Waals surface area contributed by atoms with Crippen LogP contribution in [0.4, 0.5) is 0 Å². The topological polar surface area (TPSA) is 54.1 Å². The van der Waals surface area contributed by atoms with Gasteiger partial charge in [-0.1, -0.05) is 31.0 Å². The number of carbonyl (C=O) groups excluding carboxylic acids is 1. The molecule has 1 aliphatic carbocycles. The number of methoxy groups -OCH3 is 1. The number of ketones is 1. The van der Waals surface area contributed by atoms with Gasteiger partial charge in [-0.15, -0.1) is 0 Å². The zero-order chi connectivity index (χ0) is 15.9. The highest BCUT2D eigenvalue weighted by Crippen LogP contribution is 2.46. The molecule has 1 aliphatic heterocycles. The summed E-state index contributed by atoms with van der Waals surface area (Å²) in [7, 11) is 1.61. The first-order chi connectivity index (χ1) is 11.3. The van der Waals surface area contributed by atoms with E-state index < -0.39 is 0 Å². The minimum absolute atomic E-state index is 0.00307. The van der Waals surface area contributed by atoms with Crippen LogP contribution in [0.3, 0.4) is 0 Å². The summed E-state index contributed by atoms with van der Waals surface area (Å²) < 4.78 is 5.15. The number of fused-ring (bicyclic) bond motifs is 4. The smallest absolute Gasteiger partial charge is 0.163 e. The molecule has 1 fully saturated rings. The lowest BCUT2D eigenvalue weighted by Crippen LogP contribution is -2.56. The van der Waals surface area contributed by atoms with Gasteiger partial charge in [-0.05, 0) is 30.9 Å². The summed E-state index contributed by atoms with van der Waals surface area (Å²) in [4.78, 5) is 16.4. The van der Waals surface area contributed by atoms with Crippen LogP contribution in [0.15, 0.2) is 24.3 Å². The number of H-pyrrole nitrogens is 1. The fraction of sp³-hybridized carbons (Fsp3) is 0.526. The number of nitrogens with one attached hydrogen (secondary N) is 2. The average Bonchev–Trinajstić information content (AvgIpc) is 2.96. The van der Waals surface area contributed by atoms with Gasteiger partial charge < -0.3 is 15.0 Å². The van der Waals surface area contributed by atoms with Crippen molar-refractivity contribution in [1.29, 1.82) is 0 Å². The molecule has 2 unspecified atom stereocenters. The van der Waals surface area contributed by atoms with Crippen molar-refractivity contribution in [2.45, 2.75) is 37.6 Å². The van der Waals surface area contributed by atoms with Crippen LogP contribution in [0.2, 0.25) is 0 Å². The molecule has 1 saturated carbocycles. The van der Waals surface area contributed by atoms with Crippen LogP contribution in [0.1, 0.15) is 36.9 Å². The number of aromatic amines is 1. The highest BCUT2D eigenvalue weighted by Gasteiger charge is 2.48. The number of aromatic nitrogens is 1. The normalized spacial score (nSPS) is 27.3. The quantitative estimate of drug-likeness (QED) is 0.916. The molecule has 4 rings (SSSR count). The first kappa shape index (κ1) is 14.9. The lowest BCUT2D eigenvalue weighted by molar-refractivity contribution is -0.131. The standard InChI is InChI=1S/C19H24N2O2/c1-23-12-17(22)15-7-4-5-10-19(15)18-14(9-11-20-19)13-6-2-3-8-16(13)21-18/h2-3,6,8,15,20-21H,4-5,7,9-12H2,1H3. The predicted octanol–water partition coefficient (Wildman–Crippen LogP) is 2.91. The van der Waals surface area contributed by atoms with Crippen LogP contribution in [-0.4, -0.2) is 31.0 Å². The Morgan fingerprint density at radius 3 is 3.09 bits per heavy atom. The molecule has 2 heterocycles. The second-order valence-electron chi connectivity index (χ2n) is 6.87. The van der Waals surface area contributed by atoms with E-state index in [1.54, 1.807) is 7.11 Å². The maximum atomic E-state index is 12.7. The van der Waals surface area contributed by atoms with Crippen LogP contribution in [0, 0.1) is 5.92 Å². The summed E-state index contributed by atoms with van der Waals surface area (Å²) in [6, 6.07) is 8.49. The maximum Gasteiger partial charge on any atom is 0.163 e. The molecule has 2 N–H and O–H groups in total. The first-order valence-corrected chi connectivity index (χ1v) is 8.63. The lowest BCUT2D eigenvalue weighted by atomic mass is 9.66. The van der Waals surface area contributed by atoms with Gasteiger partial charge in [0.2, 0.25) is 0 Å². The number of hydrogen-bond donors (Lipinski definition) is 2. The van der Waals surface area contributed by atoms with Crippen molar-refractivity contribution in [1.82, 2.24) is 10.3 Å². The Morgan fingerprint density at radius 1 is 1.35 bits per heavy atom. The van der Waals surface area contributed by atoms with Gasteiger partial charge in [-0.3, -0.25) is 4.79 Å². The summed E-state index contributed by atoms with van der Waals surface area (Å²) in [6.45, 7) is 1.15. The van der Waals surface area contributed by atoms with E-state index >= 15 is 0 Å². The number of hydrogen-bond acceptors (Lipinski definition) is 3. The third kappa shape index (κ3) is 2.24. The molecule has 1 aromatic heterocycles. The van der Waals surface area contributed by atoms with Gasteiger partial charge >= 0.3 is 0 Å². The van der Waals surface area contributed by atoms with Crippen molar-refractivity contribution >= 4 is 16.7 Å². The number of para-hydroxylation sites is 1. The van der Waals surface area contributed by atoms with Crippen LogP contribution < -0.4 is 5.32 Å². The van der Waals surface area contributed by atoms with Crippen LogP contribution in [-0.2, 0) is 21.5 Å². The number of benzene rings is 1. The molecule has 1 spiro atoms. The summed E-state index contributed by atoms with van der Waals surface area (Å²) >= 11 is 0. The number of Topliss-reactive ketones (excluding diaryl/α,β-unsaturated/α-hetero) is 1. The Hall–Kier alpha value is -1.65. The Kier molecular flexibility index (Phi) is 3.74. The molecular weight excluding hydrogens is 288 g/mol.